The number of hydrogen-bond acceptors (Lipinski definition) is 4. The molecule has 0 bridgehead atoms. The van der Waals surface area contributed by atoms with E-state index in [1.165, 1.54) is 5.56 Å². The smallest absolute Gasteiger partial charge is 0.191 e. The molecule has 1 aliphatic rings. The van der Waals surface area contributed by atoms with E-state index in [0.29, 0.717) is 13.2 Å². The minimum absolute atomic E-state index is 0. The maximum absolute atomic E-state index is 5.76. The Kier molecular flexibility index (Phi) is 11.0. The van der Waals surface area contributed by atoms with Gasteiger partial charge in [-0.1, -0.05) is 17.7 Å². The molecule has 0 aromatic heterocycles. The molecule has 7 heteroatoms. The minimum atomic E-state index is 0. The SMILES string of the molecule is CCNC(=NCC(C)(C)N1CCOCC1)NCCOc1ccc(C)cc1.I. The third kappa shape index (κ3) is 8.66. The van der Waals surface area contributed by atoms with E-state index >= 15 is 0 Å². The summed E-state index contributed by atoms with van der Waals surface area (Å²) in [7, 11) is 0. The molecule has 1 heterocycles. The number of aliphatic imine (C=N–C) groups is 1. The predicted octanol–water partition coefficient (Wildman–Crippen LogP) is 2.66. The fourth-order valence-corrected chi connectivity index (χ4v) is 2.86. The zero-order valence-corrected chi connectivity index (χ0v) is 19.4. The largest absolute Gasteiger partial charge is 0.492 e. The number of ether oxygens (including phenoxy) is 2. The molecular weight excluding hydrogens is 455 g/mol. The Hall–Kier alpha value is -1.06. The maximum atomic E-state index is 5.76. The van der Waals surface area contributed by atoms with Crippen LogP contribution in [0.1, 0.15) is 26.3 Å². The molecule has 0 amide bonds. The molecule has 0 aliphatic carbocycles. The molecule has 0 spiro atoms. The van der Waals surface area contributed by atoms with Gasteiger partial charge in [-0.05, 0) is 39.8 Å². The lowest BCUT2D eigenvalue weighted by molar-refractivity contribution is -0.00683. The van der Waals surface area contributed by atoms with Gasteiger partial charge in [0.2, 0.25) is 0 Å². The van der Waals surface area contributed by atoms with Crippen molar-refractivity contribution in [3.05, 3.63) is 29.8 Å². The summed E-state index contributed by atoms with van der Waals surface area (Å²) in [6.07, 6.45) is 0. The molecule has 0 atom stereocenters. The Balaban J connectivity index is 0.00000364. The molecule has 27 heavy (non-hydrogen) atoms. The van der Waals surface area contributed by atoms with E-state index in [4.69, 9.17) is 14.5 Å². The number of halogens is 1. The first-order valence-corrected chi connectivity index (χ1v) is 9.56. The Morgan fingerprint density at radius 1 is 1.19 bits per heavy atom. The van der Waals surface area contributed by atoms with Gasteiger partial charge >= 0.3 is 0 Å². The number of rotatable bonds is 8. The maximum Gasteiger partial charge on any atom is 0.191 e. The average molecular weight is 490 g/mol. The van der Waals surface area contributed by atoms with Gasteiger partial charge in [-0.15, -0.1) is 24.0 Å². The quantitative estimate of drug-likeness (QED) is 0.254. The van der Waals surface area contributed by atoms with Crippen LogP contribution in [0, 0.1) is 6.92 Å². The van der Waals surface area contributed by atoms with Gasteiger partial charge in [0.05, 0.1) is 26.3 Å². The number of nitrogens with zero attached hydrogens (tertiary/aromatic N) is 2. The van der Waals surface area contributed by atoms with E-state index in [1.807, 2.05) is 12.1 Å². The van der Waals surface area contributed by atoms with Gasteiger partial charge in [0.25, 0.3) is 0 Å². The zero-order chi connectivity index (χ0) is 18.8. The highest BCUT2D eigenvalue weighted by molar-refractivity contribution is 14.0. The topological polar surface area (TPSA) is 58.1 Å². The van der Waals surface area contributed by atoms with Crippen molar-refractivity contribution < 1.29 is 9.47 Å². The van der Waals surface area contributed by atoms with Crippen molar-refractivity contribution in [1.29, 1.82) is 0 Å². The first-order chi connectivity index (χ1) is 12.5. The third-order valence-corrected chi connectivity index (χ3v) is 4.52. The van der Waals surface area contributed by atoms with Crippen molar-refractivity contribution in [2.24, 2.45) is 4.99 Å². The van der Waals surface area contributed by atoms with Crippen LogP contribution in [-0.4, -0.2) is 68.9 Å². The van der Waals surface area contributed by atoms with Gasteiger partial charge in [0.1, 0.15) is 12.4 Å². The van der Waals surface area contributed by atoms with Gasteiger partial charge in [-0.25, -0.2) is 0 Å². The fraction of sp³-hybridized carbons (Fsp3) is 0.650. The lowest BCUT2D eigenvalue weighted by Gasteiger charge is -2.39. The molecule has 1 saturated heterocycles. The second kappa shape index (κ2) is 12.4. The predicted molar refractivity (Wildman–Crippen MR) is 123 cm³/mol. The molecule has 6 nitrogen and oxygen atoms in total. The molecular formula is C20H35IN4O2. The summed E-state index contributed by atoms with van der Waals surface area (Å²) in [5, 5.41) is 6.65. The second-order valence-electron chi connectivity index (χ2n) is 7.20. The van der Waals surface area contributed by atoms with Crippen molar-refractivity contribution in [2.75, 3.05) is 52.5 Å². The van der Waals surface area contributed by atoms with E-state index in [-0.39, 0.29) is 29.5 Å². The fourth-order valence-electron chi connectivity index (χ4n) is 2.86. The summed E-state index contributed by atoms with van der Waals surface area (Å²) in [5.74, 6) is 1.73. The average Bonchev–Trinajstić information content (AvgIpc) is 2.65. The first kappa shape index (κ1) is 24.0. The van der Waals surface area contributed by atoms with Crippen molar-refractivity contribution in [3.63, 3.8) is 0 Å². The van der Waals surface area contributed by atoms with Crippen LogP contribution >= 0.6 is 24.0 Å². The van der Waals surface area contributed by atoms with Gasteiger partial charge < -0.3 is 20.1 Å². The number of guanidine groups is 1. The normalized spacial score (nSPS) is 15.8. The van der Waals surface area contributed by atoms with Crippen LogP contribution in [0.5, 0.6) is 5.75 Å². The molecule has 0 radical (unpaired) electrons. The highest BCUT2D eigenvalue weighted by Crippen LogP contribution is 2.16. The van der Waals surface area contributed by atoms with Gasteiger partial charge in [-0.3, -0.25) is 9.89 Å². The highest BCUT2D eigenvalue weighted by atomic mass is 127. The second-order valence-corrected chi connectivity index (χ2v) is 7.20. The number of aryl methyl sites for hydroxylation is 1. The van der Waals surface area contributed by atoms with Gasteiger partial charge in [-0.2, -0.15) is 0 Å². The summed E-state index contributed by atoms with van der Waals surface area (Å²) in [4.78, 5) is 7.22. The minimum Gasteiger partial charge on any atom is -0.492 e. The Morgan fingerprint density at radius 2 is 1.85 bits per heavy atom. The van der Waals surface area contributed by atoms with Crippen LogP contribution in [-0.2, 0) is 4.74 Å². The Morgan fingerprint density at radius 3 is 2.48 bits per heavy atom. The van der Waals surface area contributed by atoms with Crippen LogP contribution in [0.3, 0.4) is 0 Å². The van der Waals surface area contributed by atoms with Crippen LogP contribution in [0.4, 0.5) is 0 Å². The molecule has 1 aromatic carbocycles. The van der Waals surface area contributed by atoms with E-state index < -0.39 is 0 Å². The van der Waals surface area contributed by atoms with E-state index in [1.54, 1.807) is 0 Å². The highest BCUT2D eigenvalue weighted by Gasteiger charge is 2.28. The number of hydrogen-bond donors (Lipinski definition) is 2. The summed E-state index contributed by atoms with van der Waals surface area (Å²) < 4.78 is 11.2. The number of benzene rings is 1. The van der Waals surface area contributed by atoms with Crippen LogP contribution in [0.25, 0.3) is 0 Å². The molecule has 154 valence electrons. The summed E-state index contributed by atoms with van der Waals surface area (Å²) >= 11 is 0. The summed E-state index contributed by atoms with van der Waals surface area (Å²) in [5.41, 5.74) is 1.25. The van der Waals surface area contributed by atoms with Crippen LogP contribution in [0.15, 0.2) is 29.3 Å². The zero-order valence-electron chi connectivity index (χ0n) is 17.1. The molecule has 2 N–H and O–H groups in total. The van der Waals surface area contributed by atoms with E-state index in [2.05, 4.69) is 55.4 Å². The standard InChI is InChI=1S/C20H34N4O2.HI/c1-5-21-19(22-10-13-26-18-8-6-17(2)7-9-18)23-16-20(3,4)24-11-14-25-15-12-24;/h6-9H,5,10-16H2,1-4H3,(H2,21,22,23);1H. The Bertz CT molecular complexity index is 558. The van der Waals surface area contributed by atoms with Crippen molar-refractivity contribution in [2.45, 2.75) is 33.2 Å². The van der Waals surface area contributed by atoms with Crippen molar-refractivity contribution in [1.82, 2.24) is 15.5 Å². The summed E-state index contributed by atoms with van der Waals surface area (Å²) in [6.45, 7) is 15.1. The monoisotopic (exact) mass is 490 g/mol. The Labute approximate surface area is 181 Å². The van der Waals surface area contributed by atoms with Crippen LogP contribution in [0.2, 0.25) is 0 Å². The van der Waals surface area contributed by atoms with Crippen molar-refractivity contribution in [3.8, 4) is 5.75 Å². The van der Waals surface area contributed by atoms with Crippen molar-refractivity contribution >= 4 is 29.9 Å². The first-order valence-electron chi connectivity index (χ1n) is 9.56. The van der Waals surface area contributed by atoms with E-state index in [0.717, 1.165) is 51.1 Å². The van der Waals surface area contributed by atoms with Gasteiger partial charge in [0, 0.05) is 25.2 Å². The molecule has 0 saturated carbocycles. The van der Waals surface area contributed by atoms with Crippen LogP contribution < -0.4 is 15.4 Å². The molecule has 1 fully saturated rings. The lowest BCUT2D eigenvalue weighted by Crippen LogP contribution is -2.52. The summed E-state index contributed by atoms with van der Waals surface area (Å²) in [6, 6.07) is 8.11. The number of morpholine rings is 1. The number of nitrogens with one attached hydrogen (secondary N) is 2. The molecule has 1 aliphatic heterocycles. The molecule has 2 rings (SSSR count). The van der Waals surface area contributed by atoms with Gasteiger partial charge in [0.15, 0.2) is 5.96 Å². The van der Waals surface area contributed by atoms with E-state index in [9.17, 15) is 0 Å². The lowest BCUT2D eigenvalue weighted by atomic mass is 10.0. The third-order valence-electron chi connectivity index (χ3n) is 4.52. The molecule has 1 aromatic rings. The molecule has 0 unspecified atom stereocenters.